The normalized spacial score (nSPS) is 20.3. The van der Waals surface area contributed by atoms with Gasteiger partial charge in [0.05, 0.1) is 16.8 Å². The van der Waals surface area contributed by atoms with Gasteiger partial charge in [-0.3, -0.25) is 24.3 Å². The van der Waals surface area contributed by atoms with E-state index >= 15 is 0 Å². The van der Waals surface area contributed by atoms with Crippen molar-refractivity contribution in [1.29, 1.82) is 0 Å². The molecule has 2 atom stereocenters. The highest BCUT2D eigenvalue weighted by Gasteiger charge is 2.40. The molecule has 162 valence electrons. The van der Waals surface area contributed by atoms with Gasteiger partial charge in [-0.1, -0.05) is 31.0 Å². The van der Waals surface area contributed by atoms with Crippen molar-refractivity contribution in [3.05, 3.63) is 65.2 Å². The van der Waals surface area contributed by atoms with Crippen LogP contribution in [0.15, 0.2) is 54.0 Å². The summed E-state index contributed by atoms with van der Waals surface area (Å²) in [6.45, 7) is 0.265. The summed E-state index contributed by atoms with van der Waals surface area (Å²) in [7, 11) is 0. The summed E-state index contributed by atoms with van der Waals surface area (Å²) in [5.74, 6) is -0.977. The number of fused-ring (bicyclic) bond motifs is 1. The number of benzene rings is 1. The van der Waals surface area contributed by atoms with Gasteiger partial charge in [0.15, 0.2) is 5.13 Å². The smallest absolute Gasteiger partial charge is 0.261 e. The van der Waals surface area contributed by atoms with Gasteiger partial charge in [0.1, 0.15) is 5.69 Å². The fourth-order valence-electron chi connectivity index (χ4n) is 4.57. The van der Waals surface area contributed by atoms with Crippen LogP contribution in [-0.4, -0.2) is 39.1 Å². The van der Waals surface area contributed by atoms with Crippen molar-refractivity contribution >= 4 is 34.2 Å². The van der Waals surface area contributed by atoms with Crippen LogP contribution in [0.2, 0.25) is 0 Å². The van der Waals surface area contributed by atoms with Crippen LogP contribution in [0.5, 0.6) is 0 Å². The van der Waals surface area contributed by atoms with Gasteiger partial charge in [0.25, 0.3) is 11.8 Å². The monoisotopic (exact) mass is 446 g/mol. The van der Waals surface area contributed by atoms with Gasteiger partial charge in [-0.05, 0) is 43.0 Å². The summed E-state index contributed by atoms with van der Waals surface area (Å²) in [4.78, 5) is 48.8. The van der Waals surface area contributed by atoms with Crippen LogP contribution in [-0.2, 0) is 4.79 Å². The summed E-state index contributed by atoms with van der Waals surface area (Å²) in [6.07, 6.45) is 5.19. The number of amides is 3. The summed E-state index contributed by atoms with van der Waals surface area (Å²) in [5.41, 5.74) is 2.36. The third-order valence-electron chi connectivity index (χ3n) is 6.20. The van der Waals surface area contributed by atoms with E-state index in [9.17, 15) is 14.4 Å². The lowest BCUT2D eigenvalue weighted by molar-refractivity contribution is -0.122. The van der Waals surface area contributed by atoms with Crippen molar-refractivity contribution in [2.75, 3.05) is 11.9 Å². The lowest BCUT2D eigenvalue weighted by Gasteiger charge is -2.32. The number of carbonyl (C=O) groups excluding carboxylic acids is 3. The Morgan fingerprint density at radius 3 is 2.44 bits per heavy atom. The Balaban J connectivity index is 1.29. The minimum absolute atomic E-state index is 0.0683. The molecule has 1 N–H and O–H groups in total. The molecular formula is C24H22N4O3S. The highest BCUT2D eigenvalue weighted by molar-refractivity contribution is 7.14. The van der Waals surface area contributed by atoms with Crippen LogP contribution >= 0.6 is 11.3 Å². The lowest BCUT2D eigenvalue weighted by Crippen LogP contribution is -2.41. The molecule has 1 fully saturated rings. The number of imide groups is 1. The van der Waals surface area contributed by atoms with Gasteiger partial charge in [0.2, 0.25) is 5.91 Å². The molecule has 1 saturated carbocycles. The number of hydrogen-bond acceptors (Lipinski definition) is 6. The SMILES string of the molecule is O=C(Nc1nc(-c2ccccn2)cs1)C1CCCCC1CN1C(=O)c2ccccc2C1=O. The van der Waals surface area contributed by atoms with Gasteiger partial charge in [0, 0.05) is 24.0 Å². The highest BCUT2D eigenvalue weighted by Crippen LogP contribution is 2.34. The van der Waals surface area contributed by atoms with Crippen molar-refractivity contribution in [1.82, 2.24) is 14.9 Å². The molecule has 32 heavy (non-hydrogen) atoms. The maximum Gasteiger partial charge on any atom is 0.261 e. The fourth-order valence-corrected chi connectivity index (χ4v) is 5.28. The number of hydrogen-bond donors (Lipinski definition) is 1. The number of pyridine rings is 1. The molecule has 2 aromatic heterocycles. The Morgan fingerprint density at radius 2 is 1.72 bits per heavy atom. The zero-order chi connectivity index (χ0) is 22.1. The minimum atomic E-state index is -0.268. The number of rotatable bonds is 5. The zero-order valence-corrected chi connectivity index (χ0v) is 18.2. The highest BCUT2D eigenvalue weighted by atomic mass is 32.1. The van der Waals surface area contributed by atoms with Crippen LogP contribution < -0.4 is 5.32 Å². The number of nitrogens with one attached hydrogen (secondary N) is 1. The largest absolute Gasteiger partial charge is 0.302 e. The summed E-state index contributed by atoms with van der Waals surface area (Å²) in [6, 6.07) is 12.5. The van der Waals surface area contributed by atoms with E-state index in [-0.39, 0.29) is 36.1 Å². The van der Waals surface area contributed by atoms with Gasteiger partial charge in [-0.15, -0.1) is 11.3 Å². The van der Waals surface area contributed by atoms with Crippen LogP contribution in [0.1, 0.15) is 46.4 Å². The van der Waals surface area contributed by atoms with Gasteiger partial charge < -0.3 is 5.32 Å². The first-order valence-electron chi connectivity index (χ1n) is 10.7. The number of aromatic nitrogens is 2. The van der Waals surface area contributed by atoms with Crippen molar-refractivity contribution in [3.63, 3.8) is 0 Å². The minimum Gasteiger partial charge on any atom is -0.302 e. The molecule has 0 saturated heterocycles. The molecule has 3 aromatic rings. The molecule has 3 amide bonds. The second kappa shape index (κ2) is 8.63. The lowest BCUT2D eigenvalue weighted by atomic mass is 9.78. The van der Waals surface area contributed by atoms with Crippen molar-refractivity contribution in [3.8, 4) is 11.4 Å². The summed E-state index contributed by atoms with van der Waals surface area (Å²) < 4.78 is 0. The maximum absolute atomic E-state index is 13.1. The molecule has 1 aromatic carbocycles. The molecule has 8 heteroatoms. The van der Waals surface area contributed by atoms with Crippen molar-refractivity contribution < 1.29 is 14.4 Å². The quantitative estimate of drug-likeness (QED) is 0.592. The van der Waals surface area contributed by atoms with E-state index in [4.69, 9.17) is 0 Å². The van der Waals surface area contributed by atoms with E-state index in [2.05, 4.69) is 15.3 Å². The Hall–Kier alpha value is -3.39. The van der Waals surface area contributed by atoms with Crippen LogP contribution in [0.3, 0.4) is 0 Å². The number of anilines is 1. The topological polar surface area (TPSA) is 92.3 Å². The Kier molecular flexibility index (Phi) is 5.53. The Bertz CT molecular complexity index is 1140. The molecule has 2 aliphatic rings. The third kappa shape index (κ3) is 3.82. The van der Waals surface area contributed by atoms with E-state index in [0.29, 0.717) is 16.3 Å². The van der Waals surface area contributed by atoms with Gasteiger partial charge >= 0.3 is 0 Å². The molecule has 2 unspecified atom stereocenters. The fraction of sp³-hybridized carbons (Fsp3) is 0.292. The predicted molar refractivity (Wildman–Crippen MR) is 121 cm³/mol. The molecule has 0 radical (unpaired) electrons. The molecule has 7 nitrogen and oxygen atoms in total. The third-order valence-corrected chi connectivity index (χ3v) is 6.96. The molecular weight excluding hydrogens is 424 g/mol. The van der Waals surface area contributed by atoms with Crippen molar-refractivity contribution in [2.24, 2.45) is 11.8 Å². The average Bonchev–Trinajstić information content (AvgIpc) is 3.39. The molecule has 1 aliphatic heterocycles. The molecule has 1 aliphatic carbocycles. The first-order valence-corrected chi connectivity index (χ1v) is 11.6. The van der Waals surface area contributed by atoms with Crippen LogP contribution in [0, 0.1) is 11.8 Å². The van der Waals surface area contributed by atoms with E-state index in [1.54, 1.807) is 30.5 Å². The molecule has 3 heterocycles. The van der Waals surface area contributed by atoms with Crippen LogP contribution in [0.25, 0.3) is 11.4 Å². The zero-order valence-electron chi connectivity index (χ0n) is 17.4. The Labute approximate surface area is 189 Å². The molecule has 0 spiro atoms. The Morgan fingerprint density at radius 1 is 1.00 bits per heavy atom. The molecule has 0 bridgehead atoms. The summed E-state index contributed by atoms with van der Waals surface area (Å²) in [5, 5.41) is 5.35. The first kappa shape index (κ1) is 20.5. The van der Waals surface area contributed by atoms with Crippen molar-refractivity contribution in [2.45, 2.75) is 25.7 Å². The molecule has 5 rings (SSSR count). The first-order chi connectivity index (χ1) is 15.6. The average molecular weight is 447 g/mol. The predicted octanol–water partition coefficient (Wildman–Crippen LogP) is 4.25. The van der Waals surface area contributed by atoms with E-state index in [1.165, 1.54) is 16.2 Å². The number of nitrogens with zero attached hydrogens (tertiary/aromatic N) is 3. The second-order valence-electron chi connectivity index (χ2n) is 8.16. The van der Waals surface area contributed by atoms with E-state index in [1.807, 2.05) is 23.6 Å². The number of thiazole rings is 1. The van der Waals surface area contributed by atoms with Crippen LogP contribution in [0.4, 0.5) is 5.13 Å². The summed E-state index contributed by atoms with van der Waals surface area (Å²) >= 11 is 1.36. The van der Waals surface area contributed by atoms with Gasteiger partial charge in [-0.25, -0.2) is 4.98 Å². The van der Waals surface area contributed by atoms with Gasteiger partial charge in [-0.2, -0.15) is 0 Å². The number of carbonyl (C=O) groups is 3. The maximum atomic E-state index is 13.1. The van der Waals surface area contributed by atoms with E-state index < -0.39 is 0 Å². The second-order valence-corrected chi connectivity index (χ2v) is 9.02. The standard InChI is InChI=1S/C24H22N4O3S/c29-21(27-24-26-20(14-32-24)19-11-5-6-12-25-19)16-8-2-1-7-15(16)13-28-22(30)17-9-3-4-10-18(17)23(28)31/h3-6,9-12,14-16H,1-2,7-8,13H2,(H,26,27,29). The van der Waals surface area contributed by atoms with E-state index in [0.717, 1.165) is 37.1 Å².